The molecule has 0 unspecified atom stereocenters. The van der Waals surface area contributed by atoms with E-state index in [0.29, 0.717) is 12.0 Å². The predicted molar refractivity (Wildman–Crippen MR) is 64.6 cm³/mol. The highest BCUT2D eigenvalue weighted by molar-refractivity contribution is 6.02. The Morgan fingerprint density at radius 2 is 2.35 bits per heavy atom. The molecule has 1 aliphatic rings. The fourth-order valence-electron chi connectivity index (χ4n) is 1.78. The van der Waals surface area contributed by atoms with Gasteiger partial charge in [0, 0.05) is 18.3 Å². The highest BCUT2D eigenvalue weighted by Gasteiger charge is 2.19. The van der Waals surface area contributed by atoms with Crippen molar-refractivity contribution in [1.82, 2.24) is 4.90 Å². The number of carbonyl (C=O) groups is 2. The summed E-state index contributed by atoms with van der Waals surface area (Å²) in [5.74, 6) is 2.23. The van der Waals surface area contributed by atoms with Crippen LogP contribution in [0.4, 0.5) is 5.69 Å². The van der Waals surface area contributed by atoms with Gasteiger partial charge in [-0.25, -0.2) is 0 Å². The van der Waals surface area contributed by atoms with E-state index >= 15 is 0 Å². The van der Waals surface area contributed by atoms with Gasteiger partial charge in [-0.2, -0.15) is 0 Å². The number of hydrogen-bond acceptors (Lipinski definition) is 2. The molecule has 2 rings (SSSR count). The van der Waals surface area contributed by atoms with Crippen molar-refractivity contribution < 1.29 is 9.59 Å². The van der Waals surface area contributed by atoms with Crippen LogP contribution in [0.25, 0.3) is 0 Å². The third kappa shape index (κ3) is 2.13. The molecule has 1 heterocycles. The van der Waals surface area contributed by atoms with Crippen molar-refractivity contribution >= 4 is 17.5 Å². The maximum absolute atomic E-state index is 11.9. The molecule has 0 fully saturated rings. The number of rotatable bonds is 2. The van der Waals surface area contributed by atoms with Gasteiger partial charge in [0.2, 0.25) is 5.91 Å². The molecule has 4 nitrogen and oxygen atoms in total. The van der Waals surface area contributed by atoms with Gasteiger partial charge in [-0.1, -0.05) is 12.0 Å². The van der Waals surface area contributed by atoms with Crippen LogP contribution in [-0.4, -0.2) is 30.3 Å². The smallest absolute Gasteiger partial charge is 0.254 e. The first-order valence-corrected chi connectivity index (χ1v) is 5.23. The molecule has 2 amide bonds. The Hall–Kier alpha value is -2.28. The van der Waals surface area contributed by atoms with Crippen molar-refractivity contribution in [2.24, 2.45) is 0 Å². The number of hydrogen-bond donors (Lipinski definition) is 1. The Bertz CT molecular complexity index is 529. The number of carbonyl (C=O) groups excluding carboxylic acids is 2. The third-order valence-electron chi connectivity index (χ3n) is 2.66. The highest BCUT2D eigenvalue weighted by atomic mass is 16.2. The summed E-state index contributed by atoms with van der Waals surface area (Å²) in [6, 6.07) is 5.20. The average Bonchev–Trinajstić information content (AvgIpc) is 2.67. The largest absolute Gasteiger partial charge is 0.331 e. The summed E-state index contributed by atoms with van der Waals surface area (Å²) in [6.07, 6.45) is 5.53. The minimum absolute atomic E-state index is 0.0402. The molecular weight excluding hydrogens is 216 g/mol. The Morgan fingerprint density at radius 3 is 3.06 bits per heavy atom. The molecule has 0 radical (unpaired) electrons. The molecule has 0 bridgehead atoms. The third-order valence-corrected chi connectivity index (χ3v) is 2.66. The minimum Gasteiger partial charge on any atom is -0.331 e. The van der Waals surface area contributed by atoms with Crippen LogP contribution in [0.5, 0.6) is 0 Å². The van der Waals surface area contributed by atoms with Gasteiger partial charge in [0.1, 0.15) is 0 Å². The number of amides is 2. The summed E-state index contributed by atoms with van der Waals surface area (Å²) in [5, 5.41) is 2.71. The minimum atomic E-state index is -0.146. The van der Waals surface area contributed by atoms with Gasteiger partial charge in [0.15, 0.2) is 0 Å². The number of fused-ring (bicyclic) bond motifs is 1. The normalized spacial score (nSPS) is 12.6. The second-order valence-electron chi connectivity index (χ2n) is 3.96. The van der Waals surface area contributed by atoms with Crippen LogP contribution in [0.2, 0.25) is 0 Å². The summed E-state index contributed by atoms with van der Waals surface area (Å²) in [4.78, 5) is 24.6. The summed E-state index contributed by atoms with van der Waals surface area (Å²) >= 11 is 0. The lowest BCUT2D eigenvalue weighted by Gasteiger charge is -2.14. The Balaban J connectivity index is 2.25. The average molecular weight is 228 g/mol. The van der Waals surface area contributed by atoms with Gasteiger partial charge in [0.05, 0.1) is 13.0 Å². The maximum atomic E-state index is 11.9. The van der Waals surface area contributed by atoms with E-state index in [1.165, 1.54) is 4.90 Å². The van der Waals surface area contributed by atoms with Crippen molar-refractivity contribution in [2.45, 2.75) is 6.42 Å². The summed E-state index contributed by atoms with van der Waals surface area (Å²) < 4.78 is 0. The number of terminal acetylenes is 1. The number of nitrogens with one attached hydrogen (secondary N) is 1. The van der Waals surface area contributed by atoms with E-state index in [0.717, 1.165) is 11.3 Å². The van der Waals surface area contributed by atoms with Crippen molar-refractivity contribution in [3.05, 3.63) is 29.3 Å². The molecule has 1 N–H and O–H groups in total. The van der Waals surface area contributed by atoms with Crippen molar-refractivity contribution in [2.75, 3.05) is 18.9 Å². The van der Waals surface area contributed by atoms with Crippen molar-refractivity contribution in [1.29, 1.82) is 0 Å². The van der Waals surface area contributed by atoms with Gasteiger partial charge >= 0.3 is 0 Å². The van der Waals surface area contributed by atoms with Crippen LogP contribution in [-0.2, 0) is 11.2 Å². The molecule has 17 heavy (non-hydrogen) atoms. The number of benzene rings is 1. The monoisotopic (exact) mass is 228 g/mol. The zero-order chi connectivity index (χ0) is 12.4. The lowest BCUT2D eigenvalue weighted by molar-refractivity contribution is -0.115. The molecule has 0 saturated carbocycles. The molecule has 0 aromatic heterocycles. The molecule has 0 spiro atoms. The summed E-state index contributed by atoms with van der Waals surface area (Å²) in [7, 11) is 1.65. The second-order valence-corrected chi connectivity index (χ2v) is 3.96. The predicted octanol–water partition coefficient (Wildman–Crippen LogP) is 0.886. The van der Waals surface area contributed by atoms with Crippen LogP contribution in [0.1, 0.15) is 15.9 Å². The van der Waals surface area contributed by atoms with E-state index in [4.69, 9.17) is 6.42 Å². The fraction of sp³-hybridized carbons (Fsp3) is 0.231. The zero-order valence-corrected chi connectivity index (χ0v) is 9.49. The first kappa shape index (κ1) is 11.2. The van der Waals surface area contributed by atoms with E-state index in [-0.39, 0.29) is 18.4 Å². The van der Waals surface area contributed by atoms with E-state index in [1.54, 1.807) is 25.2 Å². The quantitative estimate of drug-likeness (QED) is 0.764. The molecular formula is C13H12N2O2. The Labute approximate surface area is 99.6 Å². The summed E-state index contributed by atoms with van der Waals surface area (Å²) in [6.45, 7) is 0.266. The molecule has 1 aliphatic heterocycles. The molecule has 4 heteroatoms. The van der Waals surface area contributed by atoms with Gasteiger partial charge < -0.3 is 10.2 Å². The lowest BCUT2D eigenvalue weighted by Crippen LogP contribution is -2.26. The van der Waals surface area contributed by atoms with E-state index in [2.05, 4.69) is 11.2 Å². The molecule has 1 aromatic rings. The lowest BCUT2D eigenvalue weighted by atomic mass is 10.1. The highest BCUT2D eigenvalue weighted by Crippen LogP contribution is 2.24. The van der Waals surface area contributed by atoms with Gasteiger partial charge in [0.25, 0.3) is 5.91 Å². The zero-order valence-electron chi connectivity index (χ0n) is 9.49. The number of nitrogens with zero attached hydrogens (tertiary/aromatic N) is 1. The van der Waals surface area contributed by atoms with Gasteiger partial charge in [-0.15, -0.1) is 6.42 Å². The first-order valence-electron chi connectivity index (χ1n) is 5.23. The molecule has 0 atom stereocenters. The van der Waals surface area contributed by atoms with Crippen molar-refractivity contribution in [3.63, 3.8) is 0 Å². The van der Waals surface area contributed by atoms with Crippen LogP contribution >= 0.6 is 0 Å². The molecule has 0 aliphatic carbocycles. The molecule has 0 saturated heterocycles. The van der Waals surface area contributed by atoms with Crippen LogP contribution in [0, 0.1) is 12.3 Å². The SMILES string of the molecule is C#CCN(C)C(=O)c1ccc2c(c1)NC(=O)C2. The van der Waals surface area contributed by atoms with E-state index in [1.807, 2.05) is 0 Å². The standard InChI is InChI=1S/C13H12N2O2/c1-3-6-15(2)13(17)10-5-4-9-8-12(16)14-11(9)7-10/h1,4-5,7H,6,8H2,2H3,(H,14,16). The second kappa shape index (κ2) is 4.30. The maximum Gasteiger partial charge on any atom is 0.254 e. The first-order chi connectivity index (χ1) is 8.11. The molecule has 86 valence electrons. The van der Waals surface area contributed by atoms with Crippen LogP contribution < -0.4 is 5.32 Å². The van der Waals surface area contributed by atoms with Crippen LogP contribution in [0.3, 0.4) is 0 Å². The van der Waals surface area contributed by atoms with Crippen LogP contribution in [0.15, 0.2) is 18.2 Å². The van der Waals surface area contributed by atoms with Crippen molar-refractivity contribution in [3.8, 4) is 12.3 Å². The fourth-order valence-corrected chi connectivity index (χ4v) is 1.78. The van der Waals surface area contributed by atoms with E-state index < -0.39 is 0 Å². The number of anilines is 1. The molecule has 1 aromatic carbocycles. The summed E-state index contributed by atoms with van der Waals surface area (Å²) in [5.41, 5.74) is 2.17. The van der Waals surface area contributed by atoms with Gasteiger partial charge in [-0.05, 0) is 17.7 Å². The van der Waals surface area contributed by atoms with Gasteiger partial charge in [-0.3, -0.25) is 9.59 Å². The topological polar surface area (TPSA) is 49.4 Å². The Kier molecular flexibility index (Phi) is 2.84. The van der Waals surface area contributed by atoms with E-state index in [9.17, 15) is 9.59 Å². The Morgan fingerprint density at radius 1 is 1.59 bits per heavy atom.